The van der Waals surface area contributed by atoms with Gasteiger partial charge in [0.25, 0.3) is 5.91 Å². The number of rotatable bonds is 3. The van der Waals surface area contributed by atoms with E-state index in [-0.39, 0.29) is 5.91 Å². The van der Waals surface area contributed by atoms with Crippen molar-refractivity contribution in [1.29, 1.82) is 0 Å². The molecule has 2 fully saturated rings. The predicted molar refractivity (Wildman–Crippen MR) is 102 cm³/mol. The Morgan fingerprint density at radius 1 is 1.07 bits per heavy atom. The fraction of sp³-hybridized carbons (Fsp3) is 0.550. The summed E-state index contributed by atoms with van der Waals surface area (Å²) in [7, 11) is 1.88. The average Bonchev–Trinajstić information content (AvgIpc) is 3.06. The van der Waals surface area contributed by atoms with E-state index in [1.807, 2.05) is 43.1 Å². The zero-order valence-electron chi connectivity index (χ0n) is 16.1. The molecule has 0 aliphatic carbocycles. The minimum absolute atomic E-state index is 0.121. The molecule has 0 bridgehead atoms. The van der Waals surface area contributed by atoms with Gasteiger partial charge in [-0.05, 0) is 31.9 Å². The number of amides is 1. The molecule has 144 valence electrons. The number of hydrogen-bond donors (Lipinski definition) is 0. The molecule has 2 saturated heterocycles. The molecule has 2 aliphatic heterocycles. The molecule has 7 heteroatoms. The average molecular weight is 369 g/mol. The lowest BCUT2D eigenvalue weighted by atomic mass is 10.0. The molecule has 1 amide bonds. The van der Waals surface area contributed by atoms with Crippen LogP contribution in [0.4, 0.5) is 0 Å². The molecule has 0 saturated carbocycles. The zero-order chi connectivity index (χ0) is 18.8. The van der Waals surface area contributed by atoms with E-state index in [9.17, 15) is 4.79 Å². The lowest BCUT2D eigenvalue weighted by Crippen LogP contribution is -2.50. The maximum absolute atomic E-state index is 12.9. The molecule has 0 N–H and O–H groups in total. The Kier molecular flexibility index (Phi) is 5.22. The first-order valence-corrected chi connectivity index (χ1v) is 9.71. The highest BCUT2D eigenvalue weighted by atomic mass is 16.5. The maximum Gasteiger partial charge on any atom is 0.253 e. The van der Waals surface area contributed by atoms with Crippen molar-refractivity contribution in [3.05, 3.63) is 35.7 Å². The third kappa shape index (κ3) is 3.89. The van der Waals surface area contributed by atoms with Crippen LogP contribution in [0.15, 0.2) is 24.3 Å². The first-order valence-electron chi connectivity index (χ1n) is 9.71. The largest absolute Gasteiger partial charge is 0.379 e. The predicted octanol–water partition coefficient (Wildman–Crippen LogP) is 1.73. The highest BCUT2D eigenvalue weighted by Gasteiger charge is 2.28. The van der Waals surface area contributed by atoms with E-state index in [4.69, 9.17) is 4.74 Å². The van der Waals surface area contributed by atoms with Gasteiger partial charge < -0.3 is 9.64 Å². The topological polar surface area (TPSA) is 63.5 Å². The zero-order valence-corrected chi connectivity index (χ0v) is 16.1. The molecule has 4 rings (SSSR count). The number of aryl methyl sites for hydroxylation is 2. The minimum Gasteiger partial charge on any atom is -0.379 e. The SMILES string of the molecule is Cc1nc(-c2ccc(C(=O)N3CCC(N4CCOCC4)CC3)cc2)n(C)n1. The van der Waals surface area contributed by atoms with Gasteiger partial charge in [0.1, 0.15) is 5.82 Å². The molecule has 3 heterocycles. The van der Waals surface area contributed by atoms with Crippen molar-refractivity contribution in [2.45, 2.75) is 25.8 Å². The highest BCUT2D eigenvalue weighted by molar-refractivity contribution is 5.94. The van der Waals surface area contributed by atoms with Gasteiger partial charge in [0.15, 0.2) is 5.82 Å². The fourth-order valence-electron chi connectivity index (χ4n) is 4.08. The van der Waals surface area contributed by atoms with E-state index < -0.39 is 0 Å². The second-order valence-electron chi connectivity index (χ2n) is 7.36. The molecule has 0 radical (unpaired) electrons. The summed E-state index contributed by atoms with van der Waals surface area (Å²) >= 11 is 0. The van der Waals surface area contributed by atoms with Gasteiger partial charge >= 0.3 is 0 Å². The van der Waals surface area contributed by atoms with Crippen LogP contribution in [0.5, 0.6) is 0 Å². The van der Waals surface area contributed by atoms with Gasteiger partial charge in [0, 0.05) is 50.4 Å². The van der Waals surface area contributed by atoms with E-state index in [0.29, 0.717) is 6.04 Å². The van der Waals surface area contributed by atoms with Crippen molar-refractivity contribution in [1.82, 2.24) is 24.6 Å². The monoisotopic (exact) mass is 369 g/mol. The van der Waals surface area contributed by atoms with Gasteiger partial charge in [-0.3, -0.25) is 9.69 Å². The second-order valence-corrected chi connectivity index (χ2v) is 7.36. The summed E-state index contributed by atoms with van der Waals surface area (Å²) in [5.41, 5.74) is 1.71. The summed E-state index contributed by atoms with van der Waals surface area (Å²) in [6.07, 6.45) is 2.09. The van der Waals surface area contributed by atoms with E-state index >= 15 is 0 Å². The molecule has 0 spiro atoms. The molecular weight excluding hydrogens is 342 g/mol. The van der Waals surface area contributed by atoms with Crippen LogP contribution in [0.25, 0.3) is 11.4 Å². The van der Waals surface area contributed by atoms with Gasteiger partial charge in [-0.2, -0.15) is 5.10 Å². The Morgan fingerprint density at radius 3 is 2.33 bits per heavy atom. The normalized spacial score (nSPS) is 19.4. The Labute approximate surface area is 159 Å². The first-order chi connectivity index (χ1) is 13.1. The quantitative estimate of drug-likeness (QED) is 0.824. The van der Waals surface area contributed by atoms with Crippen LogP contribution < -0.4 is 0 Å². The van der Waals surface area contributed by atoms with Crippen LogP contribution >= 0.6 is 0 Å². The highest BCUT2D eigenvalue weighted by Crippen LogP contribution is 2.21. The maximum atomic E-state index is 12.9. The van der Waals surface area contributed by atoms with E-state index in [0.717, 1.165) is 75.0 Å². The molecule has 0 unspecified atom stereocenters. The summed E-state index contributed by atoms with van der Waals surface area (Å²) < 4.78 is 7.21. The van der Waals surface area contributed by atoms with Crippen molar-refractivity contribution < 1.29 is 9.53 Å². The third-order valence-corrected chi connectivity index (χ3v) is 5.57. The number of carbonyl (C=O) groups is 1. The number of ether oxygens (including phenoxy) is 1. The Morgan fingerprint density at radius 2 is 1.74 bits per heavy atom. The van der Waals surface area contributed by atoms with Crippen molar-refractivity contribution in [2.24, 2.45) is 7.05 Å². The van der Waals surface area contributed by atoms with Crippen LogP contribution in [-0.2, 0) is 11.8 Å². The van der Waals surface area contributed by atoms with Gasteiger partial charge in [0.05, 0.1) is 13.2 Å². The van der Waals surface area contributed by atoms with Gasteiger partial charge in [0.2, 0.25) is 0 Å². The first kappa shape index (κ1) is 18.1. The number of nitrogens with zero attached hydrogens (tertiary/aromatic N) is 5. The van der Waals surface area contributed by atoms with Crippen LogP contribution in [0, 0.1) is 6.92 Å². The summed E-state index contributed by atoms with van der Waals surface area (Å²) in [4.78, 5) is 21.8. The van der Waals surface area contributed by atoms with Crippen LogP contribution in [-0.4, -0.2) is 75.9 Å². The molecule has 27 heavy (non-hydrogen) atoms. The van der Waals surface area contributed by atoms with E-state index in [1.54, 1.807) is 4.68 Å². The van der Waals surface area contributed by atoms with E-state index in [2.05, 4.69) is 15.0 Å². The number of hydrogen-bond acceptors (Lipinski definition) is 5. The molecule has 2 aliphatic rings. The third-order valence-electron chi connectivity index (χ3n) is 5.57. The Bertz CT molecular complexity index is 787. The number of carbonyl (C=O) groups excluding carboxylic acids is 1. The summed E-state index contributed by atoms with van der Waals surface area (Å²) in [6.45, 7) is 7.22. The van der Waals surface area contributed by atoms with E-state index in [1.165, 1.54) is 0 Å². The van der Waals surface area contributed by atoms with Crippen molar-refractivity contribution in [3.63, 3.8) is 0 Å². The molecular formula is C20H27N5O2. The summed E-state index contributed by atoms with van der Waals surface area (Å²) in [5.74, 6) is 1.68. The van der Waals surface area contributed by atoms with Crippen LogP contribution in [0.2, 0.25) is 0 Å². The Hall–Kier alpha value is -2.25. The van der Waals surface area contributed by atoms with Crippen LogP contribution in [0.3, 0.4) is 0 Å². The standard InChI is InChI=1S/C20H27N5O2/c1-15-21-19(23(2)22-15)16-3-5-17(6-4-16)20(26)25-9-7-18(8-10-25)24-11-13-27-14-12-24/h3-6,18H,7-14H2,1-2H3. The second kappa shape index (κ2) is 7.78. The number of piperidine rings is 1. The Balaban J connectivity index is 1.38. The van der Waals surface area contributed by atoms with Crippen LogP contribution in [0.1, 0.15) is 29.0 Å². The van der Waals surface area contributed by atoms with Gasteiger partial charge in [-0.15, -0.1) is 0 Å². The molecule has 1 aromatic heterocycles. The number of likely N-dealkylation sites (tertiary alicyclic amines) is 1. The number of benzene rings is 1. The molecule has 0 atom stereocenters. The summed E-state index contributed by atoms with van der Waals surface area (Å²) in [6, 6.07) is 8.29. The number of morpholine rings is 1. The van der Waals surface area contributed by atoms with Gasteiger partial charge in [-0.1, -0.05) is 12.1 Å². The van der Waals surface area contributed by atoms with Crippen molar-refractivity contribution >= 4 is 5.91 Å². The van der Waals surface area contributed by atoms with Crippen molar-refractivity contribution in [2.75, 3.05) is 39.4 Å². The minimum atomic E-state index is 0.121. The lowest BCUT2D eigenvalue weighted by molar-refractivity contribution is 0.00159. The fourth-order valence-corrected chi connectivity index (χ4v) is 4.08. The summed E-state index contributed by atoms with van der Waals surface area (Å²) in [5, 5.41) is 4.28. The lowest BCUT2D eigenvalue weighted by Gasteiger charge is -2.40. The molecule has 2 aromatic rings. The molecule has 1 aromatic carbocycles. The smallest absolute Gasteiger partial charge is 0.253 e. The van der Waals surface area contributed by atoms with Crippen molar-refractivity contribution in [3.8, 4) is 11.4 Å². The number of aromatic nitrogens is 3. The van der Waals surface area contributed by atoms with Gasteiger partial charge in [-0.25, -0.2) is 9.67 Å². The molecule has 7 nitrogen and oxygen atoms in total.